The molecular formula is C40H24N4O. The van der Waals surface area contributed by atoms with Crippen molar-refractivity contribution in [3.63, 3.8) is 0 Å². The molecule has 2 aromatic heterocycles. The normalized spacial score (nSPS) is 11.1. The monoisotopic (exact) mass is 576 g/mol. The Bertz CT molecular complexity index is 2350. The highest BCUT2D eigenvalue weighted by atomic mass is 16.3. The van der Waals surface area contributed by atoms with Crippen LogP contribution in [0.2, 0.25) is 0 Å². The molecule has 0 unspecified atom stereocenters. The highest BCUT2D eigenvalue weighted by Gasteiger charge is 2.22. The molecule has 0 bridgehead atoms. The second-order valence-electron chi connectivity index (χ2n) is 10.8. The number of hydrogen-bond acceptors (Lipinski definition) is 5. The van der Waals surface area contributed by atoms with Gasteiger partial charge in [0.05, 0.1) is 17.2 Å². The van der Waals surface area contributed by atoms with Crippen LogP contribution in [0.4, 0.5) is 0 Å². The molecule has 0 saturated carbocycles. The van der Waals surface area contributed by atoms with Gasteiger partial charge in [-0.15, -0.1) is 0 Å². The van der Waals surface area contributed by atoms with Crippen LogP contribution in [-0.2, 0) is 0 Å². The predicted octanol–water partition coefficient (Wildman–Crippen LogP) is 9.98. The van der Waals surface area contributed by atoms with Gasteiger partial charge in [0.15, 0.2) is 17.5 Å². The van der Waals surface area contributed by atoms with Crippen LogP contribution in [0.5, 0.6) is 0 Å². The first-order valence-electron chi connectivity index (χ1n) is 14.7. The van der Waals surface area contributed by atoms with Crippen molar-refractivity contribution >= 4 is 21.9 Å². The van der Waals surface area contributed by atoms with Gasteiger partial charge in [0.25, 0.3) is 0 Å². The first kappa shape index (κ1) is 26.3. The quantitative estimate of drug-likeness (QED) is 0.204. The number of nitrogens with zero attached hydrogens (tertiary/aromatic N) is 4. The van der Waals surface area contributed by atoms with Gasteiger partial charge in [-0.3, -0.25) is 0 Å². The van der Waals surface area contributed by atoms with Crippen LogP contribution in [-0.4, -0.2) is 15.0 Å². The highest BCUT2D eigenvalue weighted by molar-refractivity contribution is 6.12. The Morgan fingerprint density at radius 3 is 1.67 bits per heavy atom. The van der Waals surface area contributed by atoms with Gasteiger partial charge in [-0.05, 0) is 46.5 Å². The van der Waals surface area contributed by atoms with Gasteiger partial charge in [0, 0.05) is 21.9 Å². The molecule has 0 amide bonds. The Labute approximate surface area is 259 Å². The van der Waals surface area contributed by atoms with Gasteiger partial charge < -0.3 is 4.42 Å². The minimum absolute atomic E-state index is 0.509. The molecule has 6 aromatic carbocycles. The van der Waals surface area contributed by atoms with Crippen LogP contribution < -0.4 is 0 Å². The van der Waals surface area contributed by atoms with Gasteiger partial charge in [0.2, 0.25) is 0 Å². The Morgan fingerprint density at radius 2 is 0.978 bits per heavy atom. The van der Waals surface area contributed by atoms with Crippen molar-refractivity contribution in [2.75, 3.05) is 0 Å². The summed E-state index contributed by atoms with van der Waals surface area (Å²) in [5.41, 5.74) is 8.73. The van der Waals surface area contributed by atoms with E-state index >= 15 is 0 Å². The summed E-state index contributed by atoms with van der Waals surface area (Å²) in [4.78, 5) is 15.1. The van der Waals surface area contributed by atoms with Gasteiger partial charge in [-0.1, -0.05) is 121 Å². The third-order valence-corrected chi connectivity index (χ3v) is 8.01. The van der Waals surface area contributed by atoms with E-state index in [1.54, 1.807) is 0 Å². The number of para-hydroxylation sites is 1. The average Bonchev–Trinajstić information content (AvgIpc) is 3.51. The first-order chi connectivity index (χ1) is 22.2. The number of fused-ring (bicyclic) bond motifs is 3. The van der Waals surface area contributed by atoms with E-state index in [4.69, 9.17) is 19.4 Å². The Balaban J connectivity index is 1.38. The fraction of sp³-hybridized carbons (Fsp3) is 0. The molecule has 0 N–H and O–H groups in total. The maximum atomic E-state index is 9.42. The molecule has 5 heteroatoms. The van der Waals surface area contributed by atoms with Crippen LogP contribution in [0.15, 0.2) is 150 Å². The number of benzene rings is 6. The zero-order chi connectivity index (χ0) is 30.2. The molecule has 0 atom stereocenters. The molecule has 8 rings (SSSR count). The minimum atomic E-state index is 0.509. The standard InChI is InChI=1S/C40H24N4O/c41-25-26-15-17-29(18-16-26)32-23-24-34-33-13-7-8-14-35(33)45-37(34)36(32)40-43-38(30-11-5-2-6-12-30)42-39(44-40)31-21-19-28(20-22-31)27-9-3-1-4-10-27/h1-24H. The van der Waals surface area contributed by atoms with Crippen LogP contribution in [0.1, 0.15) is 5.56 Å². The Morgan fingerprint density at radius 1 is 0.444 bits per heavy atom. The fourth-order valence-electron chi connectivity index (χ4n) is 5.75. The molecule has 8 aromatic rings. The average molecular weight is 577 g/mol. The van der Waals surface area contributed by atoms with Crippen LogP contribution in [0, 0.1) is 11.3 Å². The lowest BCUT2D eigenvalue weighted by Crippen LogP contribution is -2.01. The molecule has 0 aliphatic carbocycles. The fourth-order valence-corrected chi connectivity index (χ4v) is 5.75. The van der Waals surface area contributed by atoms with E-state index in [0.29, 0.717) is 28.6 Å². The molecular weight excluding hydrogens is 552 g/mol. The van der Waals surface area contributed by atoms with Crippen molar-refractivity contribution in [1.82, 2.24) is 15.0 Å². The summed E-state index contributed by atoms with van der Waals surface area (Å²) < 4.78 is 6.55. The van der Waals surface area contributed by atoms with E-state index in [0.717, 1.165) is 55.3 Å². The van der Waals surface area contributed by atoms with E-state index in [1.807, 2.05) is 91.0 Å². The summed E-state index contributed by atoms with van der Waals surface area (Å²) in [5.74, 6) is 1.65. The van der Waals surface area contributed by atoms with Crippen molar-refractivity contribution in [2.45, 2.75) is 0 Å². The summed E-state index contributed by atoms with van der Waals surface area (Å²) in [7, 11) is 0. The van der Waals surface area contributed by atoms with Crippen LogP contribution in [0.3, 0.4) is 0 Å². The number of rotatable bonds is 5. The Hall–Kier alpha value is -6.38. The summed E-state index contributed by atoms with van der Waals surface area (Å²) in [5, 5.41) is 11.4. The lowest BCUT2D eigenvalue weighted by molar-refractivity contribution is 0.669. The maximum absolute atomic E-state index is 9.42. The summed E-state index contributed by atoms with van der Waals surface area (Å²) in [6.07, 6.45) is 0. The van der Waals surface area contributed by atoms with Crippen molar-refractivity contribution in [2.24, 2.45) is 0 Å². The van der Waals surface area contributed by atoms with Crippen molar-refractivity contribution in [1.29, 1.82) is 5.26 Å². The minimum Gasteiger partial charge on any atom is -0.455 e. The molecule has 2 heterocycles. The molecule has 0 saturated heterocycles. The number of furan rings is 1. The van der Waals surface area contributed by atoms with E-state index in [1.165, 1.54) is 0 Å². The molecule has 0 aliphatic heterocycles. The highest BCUT2D eigenvalue weighted by Crippen LogP contribution is 2.41. The predicted molar refractivity (Wildman–Crippen MR) is 179 cm³/mol. The zero-order valence-electron chi connectivity index (χ0n) is 24.1. The molecule has 0 radical (unpaired) electrons. The number of nitriles is 1. The van der Waals surface area contributed by atoms with E-state index in [9.17, 15) is 5.26 Å². The van der Waals surface area contributed by atoms with Gasteiger partial charge in [-0.25, -0.2) is 15.0 Å². The maximum Gasteiger partial charge on any atom is 0.168 e. The lowest BCUT2D eigenvalue weighted by atomic mass is 9.95. The third kappa shape index (κ3) is 4.81. The molecule has 210 valence electrons. The van der Waals surface area contributed by atoms with Crippen LogP contribution in [0.25, 0.3) is 78.4 Å². The van der Waals surface area contributed by atoms with E-state index in [-0.39, 0.29) is 0 Å². The SMILES string of the molecule is N#Cc1ccc(-c2ccc3c(oc4ccccc43)c2-c2nc(-c3ccccc3)nc(-c3ccc(-c4ccccc4)cc3)n2)cc1. The molecule has 5 nitrogen and oxygen atoms in total. The molecule has 45 heavy (non-hydrogen) atoms. The first-order valence-corrected chi connectivity index (χ1v) is 14.7. The molecule has 0 fully saturated rings. The molecule has 0 spiro atoms. The number of aromatic nitrogens is 3. The number of hydrogen-bond donors (Lipinski definition) is 0. The van der Waals surface area contributed by atoms with Crippen LogP contribution >= 0.6 is 0 Å². The van der Waals surface area contributed by atoms with Crippen molar-refractivity contribution < 1.29 is 4.42 Å². The Kier molecular flexibility index (Phi) is 6.44. The topological polar surface area (TPSA) is 75.6 Å². The van der Waals surface area contributed by atoms with Gasteiger partial charge in [-0.2, -0.15) is 5.26 Å². The summed E-state index contributed by atoms with van der Waals surface area (Å²) in [6, 6.07) is 50.5. The summed E-state index contributed by atoms with van der Waals surface area (Å²) in [6.45, 7) is 0. The summed E-state index contributed by atoms with van der Waals surface area (Å²) >= 11 is 0. The molecule has 0 aliphatic rings. The van der Waals surface area contributed by atoms with Crippen molar-refractivity contribution in [3.05, 3.63) is 151 Å². The zero-order valence-corrected chi connectivity index (χ0v) is 24.1. The largest absolute Gasteiger partial charge is 0.455 e. The van der Waals surface area contributed by atoms with Gasteiger partial charge >= 0.3 is 0 Å². The van der Waals surface area contributed by atoms with E-state index in [2.05, 4.69) is 60.7 Å². The second kappa shape index (κ2) is 11.0. The van der Waals surface area contributed by atoms with Gasteiger partial charge in [0.1, 0.15) is 11.2 Å². The third-order valence-electron chi connectivity index (χ3n) is 8.01. The second-order valence-corrected chi connectivity index (χ2v) is 10.8. The van der Waals surface area contributed by atoms with Crippen molar-refractivity contribution in [3.8, 4) is 62.5 Å². The lowest BCUT2D eigenvalue weighted by Gasteiger charge is -2.13. The smallest absolute Gasteiger partial charge is 0.168 e. The van der Waals surface area contributed by atoms with E-state index < -0.39 is 0 Å².